The van der Waals surface area contributed by atoms with Crippen LogP contribution in [0, 0.1) is 0 Å². The van der Waals surface area contributed by atoms with Crippen molar-refractivity contribution >= 4 is 50.9 Å². The zero-order chi connectivity index (χ0) is 12.8. The van der Waals surface area contributed by atoms with E-state index < -0.39 is 12.0 Å². The summed E-state index contributed by atoms with van der Waals surface area (Å²) in [6.45, 7) is 0. The fourth-order valence-electron chi connectivity index (χ4n) is 1.28. The van der Waals surface area contributed by atoms with Gasteiger partial charge in [-0.05, 0) is 52.6 Å². The van der Waals surface area contributed by atoms with Gasteiger partial charge in [0.1, 0.15) is 6.04 Å². The van der Waals surface area contributed by atoms with Gasteiger partial charge >= 0.3 is 5.97 Å². The number of thioether (sulfide) groups is 1. The lowest BCUT2D eigenvalue weighted by Crippen LogP contribution is -2.29. The second-order valence-electron chi connectivity index (χ2n) is 3.45. The average molecular weight is 339 g/mol. The second-order valence-corrected chi connectivity index (χ2v) is 5.69. The van der Waals surface area contributed by atoms with Crippen LogP contribution in [-0.4, -0.2) is 29.1 Å². The van der Waals surface area contributed by atoms with E-state index in [2.05, 4.69) is 21.2 Å². The monoisotopic (exact) mass is 337 g/mol. The van der Waals surface area contributed by atoms with Crippen molar-refractivity contribution in [2.24, 2.45) is 0 Å². The highest BCUT2D eigenvalue weighted by Crippen LogP contribution is 2.26. The molecule has 0 spiro atoms. The van der Waals surface area contributed by atoms with Crippen molar-refractivity contribution in [3.63, 3.8) is 0 Å². The lowest BCUT2D eigenvalue weighted by atomic mass is 10.2. The summed E-state index contributed by atoms with van der Waals surface area (Å²) in [4.78, 5) is 11.1. The highest BCUT2D eigenvalue weighted by atomic mass is 79.9. The quantitative estimate of drug-likeness (QED) is 0.830. The summed E-state index contributed by atoms with van der Waals surface area (Å²) in [5.74, 6) is -0.0382. The highest BCUT2D eigenvalue weighted by molar-refractivity contribution is 9.10. The molecular weight excluding hydrogens is 326 g/mol. The van der Waals surface area contributed by atoms with Crippen LogP contribution in [0.2, 0.25) is 5.02 Å². The molecule has 3 nitrogen and oxygen atoms in total. The van der Waals surface area contributed by atoms with Crippen molar-refractivity contribution < 1.29 is 9.90 Å². The molecule has 0 aromatic heterocycles. The predicted octanol–water partition coefficient (Wildman–Crippen LogP) is 3.72. The molecule has 1 aromatic rings. The Balaban J connectivity index is 2.71. The molecule has 0 bridgehead atoms. The van der Waals surface area contributed by atoms with E-state index in [0.717, 1.165) is 15.9 Å². The first kappa shape index (κ1) is 14.7. The van der Waals surface area contributed by atoms with Gasteiger partial charge in [0.05, 0.1) is 5.02 Å². The number of anilines is 1. The second kappa shape index (κ2) is 7.13. The van der Waals surface area contributed by atoms with Crippen molar-refractivity contribution in [1.29, 1.82) is 0 Å². The van der Waals surface area contributed by atoms with Gasteiger partial charge in [-0.2, -0.15) is 11.8 Å². The van der Waals surface area contributed by atoms with E-state index >= 15 is 0 Å². The largest absolute Gasteiger partial charge is 0.480 e. The molecule has 1 unspecified atom stereocenters. The van der Waals surface area contributed by atoms with Gasteiger partial charge in [0.15, 0.2) is 0 Å². The minimum absolute atomic E-state index is 0.574. The summed E-state index contributed by atoms with van der Waals surface area (Å²) in [5.41, 5.74) is 0.745. The molecule has 0 fully saturated rings. The summed E-state index contributed by atoms with van der Waals surface area (Å²) in [6, 6.07) is 4.69. The molecule has 2 N–H and O–H groups in total. The summed E-state index contributed by atoms with van der Waals surface area (Å²) in [5, 5.41) is 12.7. The Kier molecular flexibility index (Phi) is 6.16. The van der Waals surface area contributed by atoms with Crippen LogP contribution < -0.4 is 5.32 Å². The van der Waals surface area contributed by atoms with Gasteiger partial charge in [-0.25, -0.2) is 4.79 Å². The molecule has 1 atom stereocenters. The Morgan fingerprint density at radius 3 is 2.88 bits per heavy atom. The molecule has 0 amide bonds. The molecule has 17 heavy (non-hydrogen) atoms. The highest BCUT2D eigenvalue weighted by Gasteiger charge is 2.16. The van der Waals surface area contributed by atoms with E-state index in [1.54, 1.807) is 30.0 Å². The Morgan fingerprint density at radius 1 is 1.65 bits per heavy atom. The Morgan fingerprint density at radius 2 is 2.35 bits per heavy atom. The van der Waals surface area contributed by atoms with E-state index in [4.69, 9.17) is 16.7 Å². The first-order valence-corrected chi connectivity index (χ1v) is 7.54. The van der Waals surface area contributed by atoms with Crippen LogP contribution in [0.25, 0.3) is 0 Å². The van der Waals surface area contributed by atoms with E-state index in [9.17, 15) is 4.79 Å². The summed E-state index contributed by atoms with van der Waals surface area (Å²) in [7, 11) is 0. The summed E-state index contributed by atoms with van der Waals surface area (Å²) >= 11 is 10.8. The van der Waals surface area contributed by atoms with Gasteiger partial charge in [-0.15, -0.1) is 0 Å². The van der Waals surface area contributed by atoms with Crippen LogP contribution in [0.3, 0.4) is 0 Å². The Bertz CT molecular complexity index is 403. The van der Waals surface area contributed by atoms with Crippen molar-refractivity contribution in [2.75, 3.05) is 17.3 Å². The standard InChI is InChI=1S/C11H13BrClNO2S/c1-17-5-4-10(11(15)16)14-7-2-3-9(13)8(12)6-7/h2-3,6,10,14H,4-5H2,1H3,(H,15,16). The number of hydrogen-bond acceptors (Lipinski definition) is 3. The first-order valence-electron chi connectivity index (χ1n) is 4.98. The fraction of sp³-hybridized carbons (Fsp3) is 0.364. The van der Waals surface area contributed by atoms with Crippen molar-refractivity contribution in [3.05, 3.63) is 27.7 Å². The van der Waals surface area contributed by atoms with Gasteiger partial charge in [0.2, 0.25) is 0 Å². The summed E-state index contributed by atoms with van der Waals surface area (Å²) in [6.07, 6.45) is 2.54. The molecule has 0 saturated carbocycles. The molecule has 0 saturated heterocycles. The number of halogens is 2. The normalized spacial score (nSPS) is 12.2. The number of nitrogens with one attached hydrogen (secondary N) is 1. The topological polar surface area (TPSA) is 49.3 Å². The van der Waals surface area contributed by atoms with Gasteiger partial charge in [-0.1, -0.05) is 11.6 Å². The Hall–Kier alpha value is -0.390. The van der Waals surface area contributed by atoms with E-state index in [1.807, 2.05) is 6.26 Å². The molecule has 0 heterocycles. The van der Waals surface area contributed by atoms with Crippen LogP contribution >= 0.6 is 39.3 Å². The van der Waals surface area contributed by atoms with E-state index in [1.165, 1.54) is 0 Å². The van der Waals surface area contributed by atoms with Crippen molar-refractivity contribution in [2.45, 2.75) is 12.5 Å². The molecule has 0 aliphatic rings. The number of carbonyl (C=O) groups is 1. The fourth-order valence-corrected chi connectivity index (χ4v) is 2.25. The first-order chi connectivity index (χ1) is 8.04. The molecule has 0 radical (unpaired) electrons. The van der Waals surface area contributed by atoms with Crippen LogP contribution in [0.1, 0.15) is 6.42 Å². The molecule has 0 aliphatic heterocycles. The number of benzene rings is 1. The third kappa shape index (κ3) is 4.77. The zero-order valence-electron chi connectivity index (χ0n) is 9.24. The molecule has 6 heteroatoms. The van der Waals surface area contributed by atoms with Crippen molar-refractivity contribution in [3.8, 4) is 0 Å². The van der Waals surface area contributed by atoms with Gasteiger partial charge in [-0.3, -0.25) is 0 Å². The maximum absolute atomic E-state index is 11.1. The maximum Gasteiger partial charge on any atom is 0.326 e. The minimum Gasteiger partial charge on any atom is -0.480 e. The van der Waals surface area contributed by atoms with Gasteiger partial charge < -0.3 is 10.4 Å². The number of rotatable bonds is 6. The van der Waals surface area contributed by atoms with Gasteiger partial charge in [0, 0.05) is 10.2 Å². The number of carboxylic acid groups (broad SMARTS) is 1. The molecule has 1 aromatic carbocycles. The molecule has 0 aliphatic carbocycles. The zero-order valence-corrected chi connectivity index (χ0v) is 12.4. The predicted molar refractivity (Wildman–Crippen MR) is 77.2 cm³/mol. The molecular formula is C11H13BrClNO2S. The Labute approximate surface area is 118 Å². The van der Waals surface area contributed by atoms with E-state index in [-0.39, 0.29) is 0 Å². The number of hydrogen-bond donors (Lipinski definition) is 2. The molecule has 1 rings (SSSR count). The average Bonchev–Trinajstić information content (AvgIpc) is 2.28. The molecule has 94 valence electrons. The number of carboxylic acids is 1. The smallest absolute Gasteiger partial charge is 0.326 e. The SMILES string of the molecule is CSCCC(Nc1ccc(Cl)c(Br)c1)C(=O)O. The van der Waals surface area contributed by atoms with Crippen molar-refractivity contribution in [1.82, 2.24) is 0 Å². The van der Waals surface area contributed by atoms with Crippen LogP contribution in [0.5, 0.6) is 0 Å². The lowest BCUT2D eigenvalue weighted by Gasteiger charge is -2.15. The van der Waals surface area contributed by atoms with Crippen LogP contribution in [0.4, 0.5) is 5.69 Å². The third-order valence-corrected chi connectivity index (χ3v) is 4.03. The summed E-state index contributed by atoms with van der Waals surface area (Å²) < 4.78 is 0.748. The maximum atomic E-state index is 11.1. The van der Waals surface area contributed by atoms with Gasteiger partial charge in [0.25, 0.3) is 0 Å². The lowest BCUT2D eigenvalue weighted by molar-refractivity contribution is -0.137. The van der Waals surface area contributed by atoms with Crippen LogP contribution in [0.15, 0.2) is 22.7 Å². The third-order valence-electron chi connectivity index (χ3n) is 2.17. The minimum atomic E-state index is -0.842. The van der Waals surface area contributed by atoms with Crippen LogP contribution in [-0.2, 0) is 4.79 Å². The number of aliphatic carboxylic acids is 1. The van der Waals surface area contributed by atoms with E-state index in [0.29, 0.717) is 11.4 Å².